The van der Waals surface area contributed by atoms with Gasteiger partial charge in [0.25, 0.3) is 0 Å². The van der Waals surface area contributed by atoms with Crippen molar-refractivity contribution in [3.63, 3.8) is 0 Å². The van der Waals surface area contributed by atoms with Crippen LogP contribution >= 0.6 is 0 Å². The van der Waals surface area contributed by atoms with E-state index in [2.05, 4.69) is 31.2 Å². The third-order valence-electron chi connectivity index (χ3n) is 4.09. The van der Waals surface area contributed by atoms with Gasteiger partial charge in [0.2, 0.25) is 0 Å². The van der Waals surface area contributed by atoms with E-state index in [1.54, 1.807) is 12.4 Å². The van der Waals surface area contributed by atoms with Crippen molar-refractivity contribution in [2.75, 3.05) is 0 Å². The zero-order valence-corrected chi connectivity index (χ0v) is 12.6. The van der Waals surface area contributed by atoms with Gasteiger partial charge in [-0.25, -0.2) is 9.97 Å². The summed E-state index contributed by atoms with van der Waals surface area (Å²) in [5.41, 5.74) is 6.46. The Balaban J connectivity index is 1.69. The molecule has 0 fully saturated rings. The summed E-state index contributed by atoms with van der Waals surface area (Å²) >= 11 is 0. The number of H-pyrrole nitrogens is 2. The zero-order chi connectivity index (χ0) is 15.9. The Morgan fingerprint density at radius 3 is 2.88 bits per heavy atom. The molecule has 5 aromatic rings. The molecule has 6 nitrogen and oxygen atoms in total. The van der Waals surface area contributed by atoms with E-state index < -0.39 is 0 Å². The van der Waals surface area contributed by atoms with Crippen molar-refractivity contribution in [1.29, 1.82) is 0 Å². The summed E-state index contributed by atoms with van der Waals surface area (Å²) in [5, 5.41) is 8.07. The Kier molecular flexibility index (Phi) is 2.69. The van der Waals surface area contributed by atoms with Crippen LogP contribution in [0, 0.1) is 0 Å². The lowest BCUT2D eigenvalue weighted by Crippen LogP contribution is -1.88. The lowest BCUT2D eigenvalue weighted by Gasteiger charge is -2.03. The Labute approximate surface area is 136 Å². The van der Waals surface area contributed by atoms with Crippen LogP contribution in [0.5, 0.6) is 0 Å². The van der Waals surface area contributed by atoms with Crippen molar-refractivity contribution in [2.45, 2.75) is 0 Å². The summed E-state index contributed by atoms with van der Waals surface area (Å²) in [6.07, 6.45) is 9.10. The van der Waals surface area contributed by atoms with Crippen LogP contribution < -0.4 is 0 Å². The van der Waals surface area contributed by atoms with Crippen LogP contribution in [0.4, 0.5) is 0 Å². The monoisotopic (exact) mass is 312 g/mol. The van der Waals surface area contributed by atoms with Gasteiger partial charge in [-0.15, -0.1) is 0 Å². The Morgan fingerprint density at radius 2 is 1.96 bits per heavy atom. The first-order valence-corrected chi connectivity index (χ1v) is 7.56. The molecule has 0 aliphatic carbocycles. The van der Waals surface area contributed by atoms with E-state index in [0.29, 0.717) is 0 Å². The summed E-state index contributed by atoms with van der Waals surface area (Å²) in [4.78, 5) is 16.7. The summed E-state index contributed by atoms with van der Waals surface area (Å²) in [6, 6.07) is 10.0. The second kappa shape index (κ2) is 4.99. The molecule has 0 atom stereocenters. The maximum Gasteiger partial charge on any atom is 0.156 e. The third-order valence-corrected chi connectivity index (χ3v) is 4.09. The van der Waals surface area contributed by atoms with Crippen LogP contribution in [0.1, 0.15) is 0 Å². The molecule has 0 radical (unpaired) electrons. The first-order valence-electron chi connectivity index (χ1n) is 7.56. The number of nitrogens with zero attached hydrogens (tertiary/aromatic N) is 4. The van der Waals surface area contributed by atoms with Crippen molar-refractivity contribution in [1.82, 2.24) is 30.1 Å². The molecule has 0 unspecified atom stereocenters. The number of rotatable bonds is 2. The van der Waals surface area contributed by atoms with Crippen LogP contribution in [-0.4, -0.2) is 30.1 Å². The third kappa shape index (κ3) is 1.97. The van der Waals surface area contributed by atoms with E-state index in [1.165, 1.54) is 0 Å². The van der Waals surface area contributed by atoms with Gasteiger partial charge in [0.15, 0.2) is 5.65 Å². The van der Waals surface area contributed by atoms with E-state index in [1.807, 2.05) is 42.9 Å². The van der Waals surface area contributed by atoms with Crippen molar-refractivity contribution >= 4 is 22.1 Å². The fourth-order valence-corrected chi connectivity index (χ4v) is 2.87. The average Bonchev–Trinajstić information content (AvgIpc) is 3.28. The lowest BCUT2D eigenvalue weighted by atomic mass is 10.1. The van der Waals surface area contributed by atoms with Gasteiger partial charge in [0.05, 0.1) is 23.6 Å². The van der Waals surface area contributed by atoms with Gasteiger partial charge in [0, 0.05) is 40.7 Å². The number of pyridine rings is 1. The van der Waals surface area contributed by atoms with E-state index >= 15 is 0 Å². The largest absolute Gasteiger partial charge is 0.344 e. The topological polar surface area (TPSA) is 83.1 Å². The molecule has 4 aromatic heterocycles. The average molecular weight is 312 g/mol. The number of fused-ring (bicyclic) bond motifs is 2. The molecule has 5 rings (SSSR count). The number of aromatic amines is 2. The van der Waals surface area contributed by atoms with Gasteiger partial charge in [0.1, 0.15) is 5.52 Å². The summed E-state index contributed by atoms with van der Waals surface area (Å²) in [6.45, 7) is 0. The highest BCUT2D eigenvalue weighted by molar-refractivity contribution is 5.91. The highest BCUT2D eigenvalue weighted by Gasteiger charge is 2.11. The molecule has 1 aromatic carbocycles. The standard InChI is InChI=1S/C18H12N6/c1-2-12(7-19-5-1)14-9-20-18-17(14)23-16(10-21-18)11-3-4-15-13(6-11)8-22-24-15/h1-10H,(H,20,21)(H,22,24). The summed E-state index contributed by atoms with van der Waals surface area (Å²) in [5.74, 6) is 0. The van der Waals surface area contributed by atoms with Crippen LogP contribution in [0.2, 0.25) is 0 Å². The number of aromatic nitrogens is 6. The molecule has 0 saturated carbocycles. The van der Waals surface area contributed by atoms with Gasteiger partial charge < -0.3 is 4.98 Å². The molecule has 114 valence electrons. The molecule has 0 bridgehead atoms. The normalized spacial score (nSPS) is 11.3. The first-order chi connectivity index (χ1) is 11.9. The van der Waals surface area contributed by atoms with Crippen LogP contribution in [0.15, 0.2) is 61.3 Å². The first kappa shape index (κ1) is 13.0. The van der Waals surface area contributed by atoms with Crippen molar-refractivity contribution in [2.24, 2.45) is 0 Å². The number of benzene rings is 1. The smallest absolute Gasteiger partial charge is 0.156 e. The minimum absolute atomic E-state index is 0.766. The Morgan fingerprint density at radius 1 is 0.958 bits per heavy atom. The number of hydrogen-bond acceptors (Lipinski definition) is 4. The lowest BCUT2D eigenvalue weighted by molar-refractivity contribution is 1.12. The van der Waals surface area contributed by atoms with Gasteiger partial charge in [-0.1, -0.05) is 12.1 Å². The van der Waals surface area contributed by atoms with Gasteiger partial charge >= 0.3 is 0 Å². The molecule has 24 heavy (non-hydrogen) atoms. The molecule has 0 aliphatic heterocycles. The molecule has 0 amide bonds. The zero-order valence-electron chi connectivity index (χ0n) is 12.6. The van der Waals surface area contributed by atoms with Crippen molar-refractivity contribution in [3.05, 3.63) is 61.3 Å². The van der Waals surface area contributed by atoms with Crippen molar-refractivity contribution in [3.8, 4) is 22.4 Å². The van der Waals surface area contributed by atoms with Crippen LogP contribution in [0.3, 0.4) is 0 Å². The fourth-order valence-electron chi connectivity index (χ4n) is 2.87. The molecular formula is C18H12N6. The second-order valence-electron chi connectivity index (χ2n) is 5.57. The molecule has 6 heteroatoms. The van der Waals surface area contributed by atoms with E-state index in [0.717, 1.165) is 44.5 Å². The molecule has 0 spiro atoms. The molecule has 4 heterocycles. The maximum atomic E-state index is 4.82. The van der Waals surface area contributed by atoms with E-state index in [-0.39, 0.29) is 0 Å². The van der Waals surface area contributed by atoms with Gasteiger partial charge in [-0.3, -0.25) is 10.1 Å². The highest BCUT2D eigenvalue weighted by Crippen LogP contribution is 2.28. The fraction of sp³-hybridized carbons (Fsp3) is 0. The number of hydrogen-bond donors (Lipinski definition) is 2. The Hall–Kier alpha value is -3.54. The predicted octanol–water partition coefficient (Wildman–Crippen LogP) is 3.56. The van der Waals surface area contributed by atoms with E-state index in [9.17, 15) is 0 Å². The molecular weight excluding hydrogens is 300 g/mol. The van der Waals surface area contributed by atoms with Gasteiger partial charge in [-0.05, 0) is 18.2 Å². The van der Waals surface area contributed by atoms with Gasteiger partial charge in [-0.2, -0.15) is 5.10 Å². The minimum atomic E-state index is 0.766. The summed E-state index contributed by atoms with van der Waals surface area (Å²) < 4.78 is 0. The Bertz CT molecular complexity index is 1160. The predicted molar refractivity (Wildman–Crippen MR) is 92.2 cm³/mol. The summed E-state index contributed by atoms with van der Waals surface area (Å²) in [7, 11) is 0. The minimum Gasteiger partial charge on any atom is -0.344 e. The van der Waals surface area contributed by atoms with Crippen molar-refractivity contribution < 1.29 is 0 Å². The second-order valence-corrected chi connectivity index (χ2v) is 5.57. The number of nitrogens with one attached hydrogen (secondary N) is 2. The quantitative estimate of drug-likeness (QED) is 0.522. The SMILES string of the molecule is c1cncc(-c2c[nH]c3ncc(-c4ccc5[nH]ncc5c4)nc23)c1. The molecule has 0 aliphatic rings. The maximum absolute atomic E-state index is 4.82. The van der Waals surface area contributed by atoms with Crippen LogP contribution in [-0.2, 0) is 0 Å². The van der Waals surface area contributed by atoms with Crippen LogP contribution in [0.25, 0.3) is 44.5 Å². The molecule has 0 saturated heterocycles. The molecule has 2 N–H and O–H groups in total. The van der Waals surface area contributed by atoms with E-state index in [4.69, 9.17) is 4.98 Å². The highest BCUT2D eigenvalue weighted by atomic mass is 15.1.